The number of ether oxygens (including phenoxy) is 1. The summed E-state index contributed by atoms with van der Waals surface area (Å²) in [6.45, 7) is 2.47. The maximum atomic E-state index is 12.0. The van der Waals surface area contributed by atoms with Crippen LogP contribution < -0.4 is 10.6 Å². The van der Waals surface area contributed by atoms with Crippen molar-refractivity contribution >= 4 is 22.5 Å². The third-order valence-electron chi connectivity index (χ3n) is 4.14. The molecule has 116 valence electrons. The molecule has 0 saturated carbocycles. The number of anilines is 1. The predicted molar refractivity (Wildman–Crippen MR) is 89.1 cm³/mol. The van der Waals surface area contributed by atoms with Gasteiger partial charge in [-0.15, -0.1) is 0 Å². The lowest BCUT2D eigenvalue weighted by Crippen LogP contribution is -2.29. The summed E-state index contributed by atoms with van der Waals surface area (Å²) in [5.41, 5.74) is 0.847. The molecule has 1 atom stereocenters. The maximum absolute atomic E-state index is 12.0. The summed E-state index contributed by atoms with van der Waals surface area (Å²) in [6, 6.07) is 13.8. The molecule has 4 heteroatoms. The molecular weight excluding hydrogens is 276 g/mol. The van der Waals surface area contributed by atoms with Crippen LogP contribution in [0.5, 0.6) is 0 Å². The summed E-state index contributed by atoms with van der Waals surface area (Å²) in [6.07, 6.45) is 3.27. The number of amides is 2. The van der Waals surface area contributed by atoms with Crippen LogP contribution in [0.15, 0.2) is 42.5 Å². The molecule has 2 aromatic carbocycles. The SMILES string of the molecule is O=C(NCCC[C@@H]1CCOC1)Nc1cccc2ccccc12. The Morgan fingerprint density at radius 2 is 2.05 bits per heavy atom. The van der Waals surface area contributed by atoms with Crippen LogP contribution in [0.2, 0.25) is 0 Å². The summed E-state index contributed by atoms with van der Waals surface area (Å²) in [5, 5.41) is 8.05. The zero-order valence-electron chi connectivity index (χ0n) is 12.7. The van der Waals surface area contributed by atoms with Gasteiger partial charge in [-0.05, 0) is 36.6 Å². The topological polar surface area (TPSA) is 50.4 Å². The average molecular weight is 298 g/mol. The summed E-state index contributed by atoms with van der Waals surface area (Å²) in [7, 11) is 0. The highest BCUT2D eigenvalue weighted by molar-refractivity contribution is 6.01. The number of benzene rings is 2. The Morgan fingerprint density at radius 3 is 2.91 bits per heavy atom. The second-order valence-electron chi connectivity index (χ2n) is 5.78. The van der Waals surface area contributed by atoms with Crippen molar-refractivity contribution < 1.29 is 9.53 Å². The minimum atomic E-state index is -0.140. The van der Waals surface area contributed by atoms with Crippen molar-refractivity contribution in [1.82, 2.24) is 5.32 Å². The fourth-order valence-corrected chi connectivity index (χ4v) is 2.90. The Hall–Kier alpha value is -2.07. The van der Waals surface area contributed by atoms with Crippen molar-refractivity contribution in [2.24, 2.45) is 5.92 Å². The van der Waals surface area contributed by atoms with E-state index in [-0.39, 0.29) is 6.03 Å². The van der Waals surface area contributed by atoms with Crippen LogP contribution in [0.4, 0.5) is 10.5 Å². The number of carbonyl (C=O) groups excluding carboxylic acids is 1. The highest BCUT2D eigenvalue weighted by Gasteiger charge is 2.14. The number of fused-ring (bicyclic) bond motifs is 1. The first-order valence-electron chi connectivity index (χ1n) is 7.93. The molecule has 4 nitrogen and oxygen atoms in total. The molecule has 1 aliphatic rings. The molecule has 1 heterocycles. The largest absolute Gasteiger partial charge is 0.381 e. The van der Waals surface area contributed by atoms with Crippen LogP contribution in [-0.2, 0) is 4.74 Å². The van der Waals surface area contributed by atoms with Crippen molar-refractivity contribution in [3.63, 3.8) is 0 Å². The minimum Gasteiger partial charge on any atom is -0.381 e. The zero-order valence-corrected chi connectivity index (χ0v) is 12.7. The molecule has 1 saturated heterocycles. The highest BCUT2D eigenvalue weighted by Crippen LogP contribution is 2.22. The molecule has 0 radical (unpaired) electrons. The molecule has 2 N–H and O–H groups in total. The van der Waals surface area contributed by atoms with Crippen molar-refractivity contribution in [1.29, 1.82) is 0 Å². The van der Waals surface area contributed by atoms with Crippen molar-refractivity contribution in [2.75, 3.05) is 25.1 Å². The van der Waals surface area contributed by atoms with Crippen LogP contribution in [0.25, 0.3) is 10.8 Å². The van der Waals surface area contributed by atoms with E-state index in [1.165, 1.54) is 0 Å². The van der Waals surface area contributed by atoms with Crippen LogP contribution in [0, 0.1) is 5.92 Å². The molecule has 0 unspecified atom stereocenters. The van der Waals surface area contributed by atoms with Gasteiger partial charge in [-0.25, -0.2) is 4.79 Å². The Kier molecular flexibility index (Phi) is 4.91. The van der Waals surface area contributed by atoms with Gasteiger partial charge in [0.05, 0.1) is 5.69 Å². The fourth-order valence-electron chi connectivity index (χ4n) is 2.90. The van der Waals surface area contributed by atoms with Gasteiger partial charge in [0.1, 0.15) is 0 Å². The first kappa shape index (κ1) is 14.9. The number of nitrogens with one attached hydrogen (secondary N) is 2. The number of carbonyl (C=O) groups is 1. The van der Waals surface area contributed by atoms with E-state index in [1.807, 2.05) is 42.5 Å². The van der Waals surface area contributed by atoms with Gasteiger partial charge in [0.2, 0.25) is 0 Å². The maximum Gasteiger partial charge on any atom is 0.319 e. The molecule has 0 bridgehead atoms. The molecule has 0 aliphatic carbocycles. The van der Waals surface area contributed by atoms with E-state index in [1.54, 1.807) is 0 Å². The summed E-state index contributed by atoms with van der Waals surface area (Å²) in [4.78, 5) is 12.0. The highest BCUT2D eigenvalue weighted by atomic mass is 16.5. The van der Waals surface area contributed by atoms with E-state index in [0.29, 0.717) is 12.5 Å². The van der Waals surface area contributed by atoms with E-state index >= 15 is 0 Å². The lowest BCUT2D eigenvalue weighted by molar-refractivity contribution is 0.184. The summed E-state index contributed by atoms with van der Waals surface area (Å²) >= 11 is 0. The Bertz CT molecular complexity index is 631. The van der Waals surface area contributed by atoms with Gasteiger partial charge in [-0.1, -0.05) is 36.4 Å². The van der Waals surface area contributed by atoms with Crippen LogP contribution in [0.3, 0.4) is 0 Å². The molecule has 0 aromatic heterocycles. The van der Waals surface area contributed by atoms with E-state index in [2.05, 4.69) is 10.6 Å². The zero-order chi connectivity index (χ0) is 15.2. The molecule has 22 heavy (non-hydrogen) atoms. The first-order valence-corrected chi connectivity index (χ1v) is 7.93. The molecule has 2 aromatic rings. The van der Waals surface area contributed by atoms with Gasteiger partial charge in [-0.2, -0.15) is 0 Å². The first-order chi connectivity index (χ1) is 10.8. The van der Waals surface area contributed by atoms with Crippen molar-refractivity contribution in [3.8, 4) is 0 Å². The quantitative estimate of drug-likeness (QED) is 0.825. The van der Waals surface area contributed by atoms with Gasteiger partial charge in [0.25, 0.3) is 0 Å². The molecular formula is C18H22N2O2. The second-order valence-corrected chi connectivity index (χ2v) is 5.78. The standard InChI is InChI=1S/C18H22N2O2/c21-18(19-11-4-5-14-10-12-22-13-14)20-17-9-3-7-15-6-1-2-8-16(15)17/h1-3,6-9,14H,4-5,10-13H2,(H2,19,20,21)/t14-/m1/s1. The molecule has 3 rings (SSSR count). The Balaban J connectivity index is 1.48. The monoisotopic (exact) mass is 298 g/mol. The molecule has 0 spiro atoms. The third-order valence-corrected chi connectivity index (χ3v) is 4.14. The molecule has 1 fully saturated rings. The lowest BCUT2D eigenvalue weighted by Gasteiger charge is -2.11. The summed E-state index contributed by atoms with van der Waals surface area (Å²) in [5.74, 6) is 0.669. The van der Waals surface area contributed by atoms with Gasteiger partial charge in [0.15, 0.2) is 0 Å². The van der Waals surface area contributed by atoms with Crippen LogP contribution in [-0.4, -0.2) is 25.8 Å². The van der Waals surface area contributed by atoms with Crippen LogP contribution in [0.1, 0.15) is 19.3 Å². The predicted octanol–water partition coefficient (Wildman–Crippen LogP) is 3.78. The van der Waals surface area contributed by atoms with Crippen molar-refractivity contribution in [2.45, 2.75) is 19.3 Å². The van der Waals surface area contributed by atoms with E-state index in [9.17, 15) is 4.79 Å². The fraction of sp³-hybridized carbons (Fsp3) is 0.389. The van der Waals surface area contributed by atoms with Gasteiger partial charge in [-0.3, -0.25) is 0 Å². The van der Waals surface area contributed by atoms with Gasteiger partial charge < -0.3 is 15.4 Å². The summed E-state index contributed by atoms with van der Waals surface area (Å²) < 4.78 is 5.36. The van der Waals surface area contributed by atoms with Crippen LogP contribution >= 0.6 is 0 Å². The number of rotatable bonds is 5. The smallest absolute Gasteiger partial charge is 0.319 e. The van der Waals surface area contributed by atoms with Gasteiger partial charge >= 0.3 is 6.03 Å². The average Bonchev–Trinajstić information content (AvgIpc) is 3.05. The Morgan fingerprint density at radius 1 is 1.18 bits per heavy atom. The second kappa shape index (κ2) is 7.27. The van der Waals surface area contributed by atoms with Gasteiger partial charge in [0, 0.05) is 25.1 Å². The third kappa shape index (κ3) is 3.77. The van der Waals surface area contributed by atoms with Crippen molar-refractivity contribution in [3.05, 3.63) is 42.5 Å². The number of hydrogen-bond donors (Lipinski definition) is 2. The number of hydrogen-bond acceptors (Lipinski definition) is 2. The lowest BCUT2D eigenvalue weighted by atomic mass is 10.0. The number of urea groups is 1. The molecule has 2 amide bonds. The Labute approximate surface area is 130 Å². The molecule has 1 aliphatic heterocycles. The van der Waals surface area contributed by atoms with E-state index in [4.69, 9.17) is 4.74 Å². The van der Waals surface area contributed by atoms with E-state index < -0.39 is 0 Å². The van der Waals surface area contributed by atoms with E-state index in [0.717, 1.165) is 48.9 Å². The minimum absolute atomic E-state index is 0.140. The normalized spacial score (nSPS) is 17.5.